The van der Waals surface area contributed by atoms with Gasteiger partial charge in [-0.15, -0.1) is 0 Å². The summed E-state index contributed by atoms with van der Waals surface area (Å²) in [4.78, 5) is 10.9. The number of nitrogens with one attached hydrogen (secondary N) is 1. The molecule has 1 rings (SSSR count). The highest BCUT2D eigenvalue weighted by atomic mass is 35.5. The molecule has 0 unspecified atom stereocenters. The number of benzene rings is 1. The Morgan fingerprint density at radius 1 is 1.52 bits per heavy atom. The molecule has 21 heavy (non-hydrogen) atoms. The summed E-state index contributed by atoms with van der Waals surface area (Å²) in [6, 6.07) is 4.20. The van der Waals surface area contributed by atoms with Crippen molar-refractivity contribution in [1.82, 2.24) is 4.72 Å². The first-order chi connectivity index (χ1) is 9.72. The minimum absolute atomic E-state index is 0.136. The van der Waals surface area contributed by atoms with Crippen LogP contribution in [0.1, 0.15) is 25.8 Å². The van der Waals surface area contributed by atoms with Crippen LogP contribution in [0.15, 0.2) is 23.1 Å². The summed E-state index contributed by atoms with van der Waals surface area (Å²) in [5, 5.41) is 18.4. The highest BCUT2D eigenvalue weighted by Gasteiger charge is 2.30. The van der Waals surface area contributed by atoms with E-state index >= 15 is 0 Å². The number of nitriles is 1. The molecule has 0 aliphatic rings. The molecule has 0 heterocycles. The topological polar surface area (TPSA) is 107 Å². The molecule has 8 heteroatoms. The molecule has 0 fully saturated rings. The second kappa shape index (κ2) is 6.89. The van der Waals surface area contributed by atoms with Crippen molar-refractivity contribution < 1.29 is 18.3 Å². The monoisotopic (exact) mass is 330 g/mol. The predicted octanol–water partition coefficient (Wildman–Crippen LogP) is 1.99. The first-order valence-corrected chi connectivity index (χ1v) is 8.03. The summed E-state index contributed by atoms with van der Waals surface area (Å²) in [5.41, 5.74) is -0.136. The highest BCUT2D eigenvalue weighted by Crippen LogP contribution is 2.21. The Morgan fingerprint density at radius 3 is 2.62 bits per heavy atom. The van der Waals surface area contributed by atoms with E-state index in [1.54, 1.807) is 19.9 Å². The highest BCUT2D eigenvalue weighted by molar-refractivity contribution is 7.89. The Labute approximate surface area is 128 Å². The van der Waals surface area contributed by atoms with E-state index in [2.05, 4.69) is 4.72 Å². The van der Waals surface area contributed by atoms with Gasteiger partial charge in [-0.1, -0.05) is 31.9 Å². The smallest absolute Gasteiger partial charge is 0.322 e. The van der Waals surface area contributed by atoms with Gasteiger partial charge in [0.2, 0.25) is 10.0 Å². The molecule has 0 aliphatic heterocycles. The number of sulfonamides is 1. The van der Waals surface area contributed by atoms with Crippen LogP contribution in [0.3, 0.4) is 0 Å². The van der Waals surface area contributed by atoms with Crippen LogP contribution in [-0.2, 0) is 14.8 Å². The summed E-state index contributed by atoms with van der Waals surface area (Å²) < 4.78 is 26.7. The summed E-state index contributed by atoms with van der Waals surface area (Å²) >= 11 is 5.71. The number of carboxylic acid groups (broad SMARTS) is 1. The summed E-state index contributed by atoms with van der Waals surface area (Å²) in [6.45, 7) is 3.40. The van der Waals surface area contributed by atoms with Crippen molar-refractivity contribution in [3.63, 3.8) is 0 Å². The van der Waals surface area contributed by atoms with Crippen molar-refractivity contribution in [2.45, 2.75) is 31.2 Å². The van der Waals surface area contributed by atoms with E-state index in [1.165, 1.54) is 18.2 Å². The van der Waals surface area contributed by atoms with Gasteiger partial charge in [0.15, 0.2) is 0 Å². The van der Waals surface area contributed by atoms with Crippen molar-refractivity contribution in [3.8, 4) is 6.07 Å². The first-order valence-electron chi connectivity index (χ1n) is 6.17. The lowest BCUT2D eigenvalue weighted by Gasteiger charge is -2.20. The molecule has 0 aromatic heterocycles. The number of hydrogen-bond donors (Lipinski definition) is 2. The second-order valence-corrected chi connectivity index (χ2v) is 6.69. The third kappa shape index (κ3) is 4.17. The fourth-order valence-corrected chi connectivity index (χ4v) is 3.31. The van der Waals surface area contributed by atoms with Gasteiger partial charge in [-0.2, -0.15) is 9.98 Å². The molecule has 1 aromatic rings. The summed E-state index contributed by atoms with van der Waals surface area (Å²) in [7, 11) is -4.13. The zero-order valence-corrected chi connectivity index (χ0v) is 13.1. The quantitative estimate of drug-likeness (QED) is 0.829. The third-order valence-electron chi connectivity index (χ3n) is 3.11. The average Bonchev–Trinajstić information content (AvgIpc) is 2.43. The van der Waals surface area contributed by atoms with Crippen molar-refractivity contribution >= 4 is 27.6 Å². The van der Waals surface area contributed by atoms with Gasteiger partial charge in [0.25, 0.3) is 0 Å². The van der Waals surface area contributed by atoms with Gasteiger partial charge < -0.3 is 5.11 Å². The second-order valence-electron chi connectivity index (χ2n) is 4.58. The predicted molar refractivity (Wildman–Crippen MR) is 77.4 cm³/mol. The van der Waals surface area contributed by atoms with Crippen LogP contribution in [0.5, 0.6) is 0 Å². The van der Waals surface area contributed by atoms with Crippen LogP contribution in [0.25, 0.3) is 0 Å². The lowest BCUT2D eigenvalue weighted by molar-refractivity contribution is -0.140. The minimum atomic E-state index is -4.13. The number of aliphatic carboxylic acids is 1. The maximum atomic E-state index is 12.3. The molecule has 0 saturated heterocycles. The van der Waals surface area contributed by atoms with E-state index < -0.39 is 28.0 Å². The van der Waals surface area contributed by atoms with Gasteiger partial charge in [-0.05, 0) is 24.1 Å². The van der Waals surface area contributed by atoms with Crippen LogP contribution in [-0.4, -0.2) is 25.5 Å². The van der Waals surface area contributed by atoms with E-state index in [4.69, 9.17) is 22.0 Å². The normalized spacial score (nSPS) is 14.2. The van der Waals surface area contributed by atoms with E-state index in [1.807, 2.05) is 0 Å². The number of hydrogen-bond acceptors (Lipinski definition) is 4. The Balaban J connectivity index is 3.23. The summed E-state index contributed by atoms with van der Waals surface area (Å²) in [5.74, 6) is -1.66. The Bertz CT molecular complexity index is 682. The number of carboxylic acids is 1. The van der Waals surface area contributed by atoms with E-state index in [0.717, 1.165) is 0 Å². The molecule has 114 valence electrons. The van der Waals surface area contributed by atoms with Gasteiger partial charge in [0.05, 0.1) is 10.5 Å². The molecule has 2 N–H and O–H groups in total. The molecule has 0 amide bonds. The lowest BCUT2D eigenvalue weighted by Crippen LogP contribution is -2.45. The Morgan fingerprint density at radius 2 is 2.14 bits per heavy atom. The van der Waals surface area contributed by atoms with E-state index in [-0.39, 0.29) is 15.5 Å². The maximum Gasteiger partial charge on any atom is 0.322 e. The lowest BCUT2D eigenvalue weighted by atomic mass is 10.0. The Kier molecular flexibility index (Phi) is 5.72. The number of carbonyl (C=O) groups is 1. The van der Waals surface area contributed by atoms with Crippen molar-refractivity contribution in [1.29, 1.82) is 5.26 Å². The largest absolute Gasteiger partial charge is 0.480 e. The zero-order valence-electron chi connectivity index (χ0n) is 11.5. The molecular weight excluding hydrogens is 316 g/mol. The SMILES string of the molecule is CC[C@H](C)[C@H](NS(=O)(=O)c1ccc(Cl)cc1C#N)C(=O)O. The molecule has 1 aromatic carbocycles. The molecule has 0 aliphatic carbocycles. The van der Waals surface area contributed by atoms with Crippen LogP contribution in [0.2, 0.25) is 5.02 Å². The number of nitrogens with zero attached hydrogens (tertiary/aromatic N) is 1. The van der Waals surface area contributed by atoms with Gasteiger partial charge >= 0.3 is 5.97 Å². The molecule has 2 atom stereocenters. The van der Waals surface area contributed by atoms with Crippen LogP contribution in [0, 0.1) is 17.2 Å². The standard InChI is InChI=1S/C13H15ClN2O4S/c1-3-8(2)12(13(17)18)16-21(19,20)11-5-4-10(14)6-9(11)7-15/h4-6,8,12,16H,3H2,1-2H3,(H,17,18)/t8-,12-/m0/s1. The minimum Gasteiger partial charge on any atom is -0.480 e. The van der Waals surface area contributed by atoms with Crippen LogP contribution >= 0.6 is 11.6 Å². The Hall–Kier alpha value is -1.62. The van der Waals surface area contributed by atoms with Crippen molar-refractivity contribution in [2.75, 3.05) is 0 Å². The van der Waals surface area contributed by atoms with Gasteiger partial charge in [-0.3, -0.25) is 4.79 Å². The van der Waals surface area contributed by atoms with Crippen molar-refractivity contribution in [3.05, 3.63) is 28.8 Å². The van der Waals surface area contributed by atoms with E-state index in [9.17, 15) is 13.2 Å². The van der Waals surface area contributed by atoms with E-state index in [0.29, 0.717) is 6.42 Å². The van der Waals surface area contributed by atoms with Crippen LogP contribution in [0.4, 0.5) is 0 Å². The fourth-order valence-electron chi connectivity index (χ4n) is 1.70. The maximum absolute atomic E-state index is 12.3. The van der Waals surface area contributed by atoms with Gasteiger partial charge in [-0.25, -0.2) is 8.42 Å². The number of rotatable bonds is 6. The molecular formula is C13H15ClN2O4S. The first kappa shape index (κ1) is 17.4. The zero-order chi connectivity index (χ0) is 16.2. The van der Waals surface area contributed by atoms with Crippen LogP contribution < -0.4 is 4.72 Å². The molecule has 0 spiro atoms. The number of halogens is 1. The van der Waals surface area contributed by atoms with Gasteiger partial charge in [0.1, 0.15) is 12.1 Å². The average molecular weight is 331 g/mol. The molecule has 0 radical (unpaired) electrons. The fraction of sp³-hybridized carbons (Fsp3) is 0.385. The van der Waals surface area contributed by atoms with Gasteiger partial charge in [0, 0.05) is 5.02 Å². The molecule has 6 nitrogen and oxygen atoms in total. The summed E-state index contributed by atoms with van der Waals surface area (Å²) in [6.07, 6.45) is 0.491. The molecule has 0 saturated carbocycles. The third-order valence-corrected chi connectivity index (χ3v) is 4.85. The molecule has 0 bridgehead atoms. The van der Waals surface area contributed by atoms with Crippen molar-refractivity contribution in [2.24, 2.45) is 5.92 Å².